The minimum Gasteiger partial charge on any atom is -0.480 e. The molecule has 0 aliphatic heterocycles. The first kappa shape index (κ1) is 17.0. The fourth-order valence-electron chi connectivity index (χ4n) is 2.91. The third-order valence-corrected chi connectivity index (χ3v) is 4.70. The summed E-state index contributed by atoms with van der Waals surface area (Å²) in [4.78, 5) is 23.9. The van der Waals surface area contributed by atoms with Crippen molar-refractivity contribution >= 4 is 11.9 Å². The van der Waals surface area contributed by atoms with E-state index in [1.54, 1.807) is 0 Å². The van der Waals surface area contributed by atoms with Gasteiger partial charge in [0.25, 0.3) is 0 Å². The molecule has 5 nitrogen and oxygen atoms in total. The van der Waals surface area contributed by atoms with E-state index in [0.717, 1.165) is 38.5 Å². The summed E-state index contributed by atoms with van der Waals surface area (Å²) in [6.07, 6.45) is 6.49. The Bertz CT molecular complexity index is 336. The molecule has 0 aromatic rings. The number of rotatable bonds is 6. The molecule has 0 spiro atoms. The Hall–Kier alpha value is -1.10. The monoisotopic (exact) mass is 284 g/mol. The van der Waals surface area contributed by atoms with Gasteiger partial charge in [-0.2, -0.15) is 0 Å². The average Bonchev–Trinajstić information content (AvgIpc) is 2.69. The molecule has 20 heavy (non-hydrogen) atoms. The van der Waals surface area contributed by atoms with Gasteiger partial charge in [-0.3, -0.25) is 4.79 Å². The molecule has 5 heteroatoms. The average molecular weight is 284 g/mol. The molecule has 1 unspecified atom stereocenters. The van der Waals surface area contributed by atoms with Crippen LogP contribution in [0.25, 0.3) is 0 Å². The number of hydrogen-bond acceptors (Lipinski definition) is 3. The van der Waals surface area contributed by atoms with E-state index in [-0.39, 0.29) is 11.8 Å². The van der Waals surface area contributed by atoms with Gasteiger partial charge in [-0.15, -0.1) is 0 Å². The standard InChI is InChI=1S/C15H28N2O3/c1-3-11(2)12(13(18)19)17-14(20)15(10-16)8-6-4-5-7-9-15/h11-12H,3-10,16H2,1-2H3,(H,17,20)(H,18,19)/t11?,12-/m0/s1. The minimum atomic E-state index is -0.964. The summed E-state index contributed by atoms with van der Waals surface area (Å²) in [6, 6.07) is -0.820. The van der Waals surface area contributed by atoms with E-state index in [9.17, 15) is 14.7 Å². The molecule has 0 aromatic carbocycles. The predicted molar refractivity (Wildman–Crippen MR) is 78.2 cm³/mol. The van der Waals surface area contributed by atoms with Crippen molar-refractivity contribution in [3.63, 3.8) is 0 Å². The second kappa shape index (κ2) is 7.62. The molecule has 1 aliphatic rings. The summed E-state index contributed by atoms with van der Waals surface area (Å²) >= 11 is 0. The molecule has 1 fully saturated rings. The van der Waals surface area contributed by atoms with Gasteiger partial charge < -0.3 is 16.2 Å². The van der Waals surface area contributed by atoms with E-state index in [1.807, 2.05) is 13.8 Å². The van der Waals surface area contributed by atoms with Crippen molar-refractivity contribution in [2.75, 3.05) is 6.54 Å². The van der Waals surface area contributed by atoms with Crippen molar-refractivity contribution in [2.45, 2.75) is 64.8 Å². The van der Waals surface area contributed by atoms with E-state index >= 15 is 0 Å². The number of carboxylic acid groups (broad SMARTS) is 1. The Morgan fingerprint density at radius 3 is 2.20 bits per heavy atom. The molecule has 0 saturated heterocycles. The lowest BCUT2D eigenvalue weighted by Gasteiger charge is -2.32. The highest BCUT2D eigenvalue weighted by Gasteiger charge is 2.39. The van der Waals surface area contributed by atoms with Gasteiger partial charge in [0.2, 0.25) is 5.91 Å². The molecule has 0 aromatic heterocycles. The Balaban J connectivity index is 2.81. The normalized spacial score (nSPS) is 21.6. The van der Waals surface area contributed by atoms with Gasteiger partial charge >= 0.3 is 5.97 Å². The minimum absolute atomic E-state index is 0.0861. The molecule has 1 amide bonds. The zero-order valence-electron chi connectivity index (χ0n) is 12.7. The van der Waals surface area contributed by atoms with E-state index in [1.165, 1.54) is 0 Å². The zero-order valence-corrected chi connectivity index (χ0v) is 12.7. The van der Waals surface area contributed by atoms with Gasteiger partial charge in [-0.05, 0) is 18.8 Å². The molecule has 2 atom stereocenters. The van der Waals surface area contributed by atoms with Crippen LogP contribution in [0.4, 0.5) is 0 Å². The molecule has 4 N–H and O–H groups in total. The van der Waals surface area contributed by atoms with Crippen LogP contribution in [0.3, 0.4) is 0 Å². The maximum absolute atomic E-state index is 12.6. The van der Waals surface area contributed by atoms with Gasteiger partial charge in [-0.1, -0.05) is 46.0 Å². The Kier molecular flexibility index (Phi) is 6.46. The quantitative estimate of drug-likeness (QED) is 0.649. The van der Waals surface area contributed by atoms with Crippen LogP contribution < -0.4 is 11.1 Å². The van der Waals surface area contributed by atoms with E-state index in [2.05, 4.69) is 5.32 Å². The first-order chi connectivity index (χ1) is 9.46. The lowest BCUT2D eigenvalue weighted by Crippen LogP contribution is -2.53. The van der Waals surface area contributed by atoms with Crippen molar-refractivity contribution < 1.29 is 14.7 Å². The molecule has 0 heterocycles. The Labute approximate surface area is 121 Å². The fourth-order valence-corrected chi connectivity index (χ4v) is 2.91. The highest BCUT2D eigenvalue weighted by molar-refractivity contribution is 5.87. The van der Waals surface area contributed by atoms with Crippen molar-refractivity contribution in [1.82, 2.24) is 5.32 Å². The van der Waals surface area contributed by atoms with Crippen molar-refractivity contribution in [1.29, 1.82) is 0 Å². The van der Waals surface area contributed by atoms with Crippen LogP contribution in [-0.2, 0) is 9.59 Å². The molecule has 0 radical (unpaired) electrons. The van der Waals surface area contributed by atoms with Crippen molar-refractivity contribution in [3.8, 4) is 0 Å². The smallest absolute Gasteiger partial charge is 0.326 e. The van der Waals surface area contributed by atoms with E-state index in [0.29, 0.717) is 13.0 Å². The van der Waals surface area contributed by atoms with Gasteiger partial charge in [0.05, 0.1) is 5.41 Å². The van der Waals surface area contributed by atoms with Crippen LogP contribution >= 0.6 is 0 Å². The van der Waals surface area contributed by atoms with E-state index in [4.69, 9.17) is 5.73 Å². The largest absolute Gasteiger partial charge is 0.480 e. The molecule has 0 bridgehead atoms. The zero-order chi connectivity index (χ0) is 15.2. The SMILES string of the molecule is CCC(C)[C@H](NC(=O)C1(CN)CCCCCC1)C(=O)O. The second-order valence-electron chi connectivity index (χ2n) is 6.07. The Morgan fingerprint density at radius 2 is 1.80 bits per heavy atom. The molecule has 116 valence electrons. The van der Waals surface area contributed by atoms with Crippen LogP contribution in [0, 0.1) is 11.3 Å². The molecular formula is C15H28N2O3. The summed E-state index contributed by atoms with van der Waals surface area (Å²) in [5, 5.41) is 12.0. The van der Waals surface area contributed by atoms with Gasteiger partial charge in [0, 0.05) is 6.54 Å². The first-order valence-electron chi connectivity index (χ1n) is 7.70. The second-order valence-corrected chi connectivity index (χ2v) is 6.07. The number of amides is 1. The maximum atomic E-state index is 12.6. The third-order valence-electron chi connectivity index (χ3n) is 4.70. The van der Waals surface area contributed by atoms with Gasteiger partial charge in [0.15, 0.2) is 0 Å². The predicted octanol–water partition coefficient (Wildman–Crippen LogP) is 1.90. The topological polar surface area (TPSA) is 92.4 Å². The maximum Gasteiger partial charge on any atom is 0.326 e. The summed E-state index contributed by atoms with van der Waals surface area (Å²) < 4.78 is 0. The molecule has 1 saturated carbocycles. The first-order valence-corrected chi connectivity index (χ1v) is 7.70. The fraction of sp³-hybridized carbons (Fsp3) is 0.867. The number of aliphatic carboxylic acids is 1. The lowest BCUT2D eigenvalue weighted by molar-refractivity contribution is -0.145. The number of carboxylic acids is 1. The highest BCUT2D eigenvalue weighted by atomic mass is 16.4. The van der Waals surface area contributed by atoms with Crippen molar-refractivity contribution in [3.05, 3.63) is 0 Å². The molecule has 1 aliphatic carbocycles. The number of carbonyl (C=O) groups is 2. The van der Waals surface area contributed by atoms with Crippen LogP contribution in [-0.4, -0.2) is 29.6 Å². The summed E-state index contributed by atoms with van der Waals surface area (Å²) in [6.45, 7) is 4.07. The van der Waals surface area contributed by atoms with Crippen LogP contribution in [0.1, 0.15) is 58.8 Å². The third kappa shape index (κ3) is 3.95. The van der Waals surface area contributed by atoms with E-state index < -0.39 is 17.4 Å². The van der Waals surface area contributed by atoms with Gasteiger partial charge in [-0.25, -0.2) is 4.79 Å². The summed E-state index contributed by atoms with van der Waals surface area (Å²) in [7, 11) is 0. The molecular weight excluding hydrogens is 256 g/mol. The summed E-state index contributed by atoms with van der Waals surface area (Å²) in [5.74, 6) is -1.22. The van der Waals surface area contributed by atoms with Crippen LogP contribution in [0.5, 0.6) is 0 Å². The number of hydrogen-bond donors (Lipinski definition) is 3. The van der Waals surface area contributed by atoms with Gasteiger partial charge in [0.1, 0.15) is 6.04 Å². The highest BCUT2D eigenvalue weighted by Crippen LogP contribution is 2.34. The summed E-state index contributed by atoms with van der Waals surface area (Å²) in [5.41, 5.74) is 5.29. The number of nitrogens with one attached hydrogen (secondary N) is 1. The number of nitrogens with two attached hydrogens (primary N) is 1. The van der Waals surface area contributed by atoms with Crippen LogP contribution in [0.2, 0.25) is 0 Å². The van der Waals surface area contributed by atoms with Crippen molar-refractivity contribution in [2.24, 2.45) is 17.1 Å². The molecule has 1 rings (SSSR count). The van der Waals surface area contributed by atoms with Crippen LogP contribution in [0.15, 0.2) is 0 Å². The lowest BCUT2D eigenvalue weighted by atomic mass is 9.79. The number of carbonyl (C=O) groups excluding carboxylic acids is 1. The Morgan fingerprint density at radius 1 is 1.25 bits per heavy atom.